The summed E-state index contributed by atoms with van der Waals surface area (Å²) < 4.78 is 69.0. The number of aryl methyl sites for hydroxylation is 1. The molecule has 1 saturated heterocycles. The number of anilines is 1. The Hall–Kier alpha value is -4.44. The van der Waals surface area contributed by atoms with Crippen molar-refractivity contribution in [2.45, 2.75) is 116 Å². The predicted molar refractivity (Wildman–Crippen MR) is 222 cm³/mol. The van der Waals surface area contributed by atoms with Crippen molar-refractivity contribution in [3.05, 3.63) is 89.2 Å². The van der Waals surface area contributed by atoms with Gasteiger partial charge in [0.2, 0.25) is 5.69 Å². The molecule has 0 spiro atoms. The minimum absolute atomic E-state index is 0.0360. The maximum Gasteiger partial charge on any atom is 0.333 e. The molecule has 314 valence electrons. The van der Waals surface area contributed by atoms with Gasteiger partial charge < -0.3 is 9.74 Å². The number of allylic oxidation sites excluding steroid dienone is 6. The van der Waals surface area contributed by atoms with Crippen LogP contribution >= 0.6 is 0 Å². The summed E-state index contributed by atoms with van der Waals surface area (Å²) in [5.74, 6) is -2.03. The largest absolute Gasteiger partial charge is 0.344 e. The highest BCUT2D eigenvalue weighted by Gasteiger charge is 2.43. The fraction of sp³-hybridized carbons (Fsp3) is 0.488. The van der Waals surface area contributed by atoms with Crippen LogP contribution in [0.3, 0.4) is 0 Å². The molecule has 3 aliphatic rings. The monoisotopic (exact) mass is 838 g/mol. The normalized spacial score (nSPS) is 20.2. The average Bonchev–Trinajstić information content (AvgIpc) is 3.56. The van der Waals surface area contributed by atoms with Crippen LogP contribution in [0.2, 0.25) is 0 Å². The second-order valence-electron chi connectivity index (χ2n) is 16.2. The van der Waals surface area contributed by atoms with Crippen molar-refractivity contribution in [2.75, 3.05) is 23.7 Å². The Kier molecular flexibility index (Phi) is 14.0. The molecule has 2 N–H and O–H groups in total. The number of fused-ring (bicyclic) bond motifs is 2. The predicted octanol–water partition coefficient (Wildman–Crippen LogP) is 7.32. The van der Waals surface area contributed by atoms with Gasteiger partial charge in [0.15, 0.2) is 5.71 Å². The number of rotatable bonds is 18. The summed E-state index contributed by atoms with van der Waals surface area (Å²) in [6.45, 7) is 11.5. The smallest absolute Gasteiger partial charge is 0.333 e. The van der Waals surface area contributed by atoms with Gasteiger partial charge in [-0.3, -0.25) is 18.7 Å². The number of nitrogens with zero attached hydrogens (tertiary/aromatic N) is 3. The summed E-state index contributed by atoms with van der Waals surface area (Å²) in [4.78, 5) is 43.2. The van der Waals surface area contributed by atoms with E-state index in [4.69, 9.17) is 4.84 Å². The maximum absolute atomic E-state index is 12.4. The molecule has 15 heteroatoms. The summed E-state index contributed by atoms with van der Waals surface area (Å²) in [5.41, 5.74) is 5.93. The van der Waals surface area contributed by atoms with Gasteiger partial charge in [-0.15, -0.1) is 5.06 Å². The highest BCUT2D eigenvalue weighted by Crippen LogP contribution is 2.48. The number of benzene rings is 2. The number of carbonyl (C=O) groups excluding carboxylic acids is 3. The number of hydrogen-bond acceptors (Lipinski definition) is 9. The first-order valence-electron chi connectivity index (χ1n) is 20.0. The Balaban J connectivity index is 1.42. The molecule has 5 rings (SSSR count). The van der Waals surface area contributed by atoms with E-state index in [1.54, 1.807) is 12.1 Å². The lowest BCUT2D eigenvalue weighted by Gasteiger charge is -2.33. The van der Waals surface area contributed by atoms with Crippen molar-refractivity contribution in [3.8, 4) is 0 Å². The number of hydroxylamine groups is 2. The van der Waals surface area contributed by atoms with Gasteiger partial charge >= 0.3 is 5.97 Å². The number of carbonyl (C=O) groups is 3. The minimum Gasteiger partial charge on any atom is -0.344 e. The number of unbranched alkanes of at least 4 members (excludes halogenated alkanes) is 3. The fourth-order valence-electron chi connectivity index (χ4n) is 8.24. The molecule has 2 amide bonds. The van der Waals surface area contributed by atoms with Crippen LogP contribution in [0.15, 0.2) is 77.4 Å². The van der Waals surface area contributed by atoms with Gasteiger partial charge in [-0.1, -0.05) is 69.9 Å². The molecular formula is C43H56N3O10S2+. The number of amides is 2. The van der Waals surface area contributed by atoms with E-state index in [-0.39, 0.29) is 36.3 Å². The van der Waals surface area contributed by atoms with E-state index >= 15 is 0 Å². The van der Waals surface area contributed by atoms with Crippen LogP contribution in [-0.2, 0) is 51.3 Å². The van der Waals surface area contributed by atoms with Crippen LogP contribution < -0.4 is 4.90 Å². The number of imide groups is 1. The molecule has 1 fully saturated rings. The van der Waals surface area contributed by atoms with E-state index in [0.29, 0.717) is 24.4 Å². The lowest BCUT2D eigenvalue weighted by molar-refractivity contribution is -0.447. The Bertz CT molecular complexity index is 2260. The first-order chi connectivity index (χ1) is 27.2. The molecule has 2 aromatic rings. The van der Waals surface area contributed by atoms with Crippen LogP contribution in [0, 0.1) is 12.3 Å². The molecule has 0 saturated carbocycles. The molecule has 0 aliphatic carbocycles. The Morgan fingerprint density at radius 3 is 2.31 bits per heavy atom. The quantitative estimate of drug-likeness (QED) is 0.0505. The van der Waals surface area contributed by atoms with Crippen molar-refractivity contribution in [3.63, 3.8) is 0 Å². The molecule has 3 aliphatic heterocycles. The lowest BCUT2D eigenvalue weighted by Crippen LogP contribution is -2.39. The van der Waals surface area contributed by atoms with E-state index in [0.717, 1.165) is 78.1 Å². The average molecular weight is 839 g/mol. The zero-order valence-corrected chi connectivity index (χ0v) is 35.7. The Morgan fingerprint density at radius 2 is 1.64 bits per heavy atom. The second kappa shape index (κ2) is 18.2. The van der Waals surface area contributed by atoms with E-state index in [1.807, 2.05) is 57.2 Å². The van der Waals surface area contributed by atoms with Crippen molar-refractivity contribution < 1.29 is 49.7 Å². The van der Waals surface area contributed by atoms with Crippen molar-refractivity contribution in [1.29, 1.82) is 0 Å². The van der Waals surface area contributed by atoms with E-state index in [9.17, 15) is 40.3 Å². The molecular weight excluding hydrogens is 783 g/mol. The fourth-order valence-corrected chi connectivity index (χ4v) is 9.24. The summed E-state index contributed by atoms with van der Waals surface area (Å²) in [5, 5.41) is 0.568. The van der Waals surface area contributed by atoms with Crippen molar-refractivity contribution in [1.82, 2.24) is 5.06 Å². The standard InChI is InChI=1S/C43H55N3O10S2/c1-6-7-25-45-36-21-19-33(58(53,54)55)29-34(36)42(3,4)37(45)15-10-8-11-16-38-43(5,24-13-9-12-17-41(49)56-46-39(47)22-23-40(46)48)30-32-28-31(2)18-20-35(32)44(38)26-14-27-57(50,51)52/h8,10-11,15-16,18-21,28-29H,6-7,9,12-14,17,22-27,30H2,1-5H3,(H-,50,51,52,53,54,55)/p+1. The molecule has 2 aromatic carbocycles. The molecule has 3 heterocycles. The van der Waals surface area contributed by atoms with Gasteiger partial charge in [0.05, 0.1) is 16.1 Å². The van der Waals surface area contributed by atoms with Crippen LogP contribution in [-0.4, -0.2) is 77.9 Å². The zero-order valence-electron chi connectivity index (χ0n) is 34.1. The highest BCUT2D eigenvalue weighted by molar-refractivity contribution is 7.86. The summed E-state index contributed by atoms with van der Waals surface area (Å²) in [7, 11) is -8.55. The third-order valence-corrected chi connectivity index (χ3v) is 12.9. The minimum atomic E-state index is -4.38. The first-order valence-corrected chi connectivity index (χ1v) is 23.0. The van der Waals surface area contributed by atoms with Crippen molar-refractivity contribution >= 4 is 55.1 Å². The Labute approximate surface area is 342 Å². The van der Waals surface area contributed by atoms with Crippen LogP contribution in [0.25, 0.3) is 0 Å². The van der Waals surface area contributed by atoms with Crippen LogP contribution in [0.1, 0.15) is 109 Å². The third kappa shape index (κ3) is 10.6. The van der Waals surface area contributed by atoms with Crippen molar-refractivity contribution in [2.24, 2.45) is 5.41 Å². The summed E-state index contributed by atoms with van der Waals surface area (Å²) in [6.07, 6.45) is 15.6. The zero-order chi connectivity index (χ0) is 42.5. The van der Waals surface area contributed by atoms with E-state index in [1.165, 1.54) is 6.07 Å². The molecule has 0 aromatic heterocycles. The third-order valence-electron chi connectivity index (χ3n) is 11.2. The van der Waals surface area contributed by atoms with Gasteiger partial charge in [-0.25, -0.2) is 4.79 Å². The SMILES string of the molecule is CCCCN1C(=CC=CC=CC2=[N+](CCCS(=O)(=O)O)c3ccc(C)cc3CC2(C)CCCCCC(=O)ON2C(=O)CCC2=O)C(C)(C)c2cc(S(=O)(=O)O)ccc21. The molecule has 1 unspecified atom stereocenters. The lowest BCUT2D eigenvalue weighted by atomic mass is 9.72. The first kappa shape index (κ1) is 44.7. The summed E-state index contributed by atoms with van der Waals surface area (Å²) >= 11 is 0. The van der Waals surface area contributed by atoms with Gasteiger partial charge in [0, 0.05) is 66.7 Å². The second-order valence-corrected chi connectivity index (χ2v) is 19.2. The van der Waals surface area contributed by atoms with E-state index < -0.39 is 48.8 Å². The van der Waals surface area contributed by atoms with E-state index in [2.05, 4.69) is 35.5 Å². The molecule has 58 heavy (non-hydrogen) atoms. The van der Waals surface area contributed by atoms with Crippen LogP contribution in [0.5, 0.6) is 0 Å². The Morgan fingerprint density at radius 1 is 0.914 bits per heavy atom. The highest BCUT2D eigenvalue weighted by atomic mass is 32.2. The van der Waals surface area contributed by atoms with Gasteiger partial charge in [0.25, 0.3) is 32.1 Å². The molecule has 0 bridgehead atoms. The molecule has 0 radical (unpaired) electrons. The summed E-state index contributed by atoms with van der Waals surface area (Å²) in [6, 6.07) is 11.0. The number of hydrogen-bond donors (Lipinski definition) is 2. The van der Waals surface area contributed by atoms with Crippen LogP contribution in [0.4, 0.5) is 11.4 Å². The molecule has 13 nitrogen and oxygen atoms in total. The van der Waals surface area contributed by atoms with Gasteiger partial charge in [0.1, 0.15) is 6.54 Å². The molecule has 1 atom stereocenters. The van der Waals surface area contributed by atoms with Gasteiger partial charge in [-0.2, -0.15) is 21.4 Å². The maximum atomic E-state index is 12.4. The van der Waals surface area contributed by atoms with Gasteiger partial charge in [-0.05, 0) is 75.4 Å². The topological polar surface area (TPSA) is 179 Å².